The minimum Gasteiger partial charge on any atom is -0.368 e. The smallest absolute Gasteiger partial charge is 0.154 e. The van der Waals surface area contributed by atoms with Crippen LogP contribution in [0.1, 0.15) is 44.0 Å². The standard InChI is InChI=1S/C13H23N5O2S/c1-8(2)11-16-12(9(3)13(17-11)18-14)15-7-10-5-4-6-21(10,19)20/h8,10H,4-7,14H2,1-3H3,(H2,15,16,17,18). The van der Waals surface area contributed by atoms with Crippen molar-refractivity contribution >= 4 is 21.5 Å². The molecule has 1 atom stereocenters. The molecule has 0 spiro atoms. The van der Waals surface area contributed by atoms with E-state index in [1.165, 1.54) is 0 Å². The van der Waals surface area contributed by atoms with E-state index in [1.807, 2.05) is 20.8 Å². The number of nitrogens with two attached hydrogens (primary N) is 1. The third kappa shape index (κ3) is 3.44. The molecule has 0 radical (unpaired) electrons. The van der Waals surface area contributed by atoms with Crippen LogP contribution in [0.25, 0.3) is 0 Å². The first-order chi connectivity index (χ1) is 9.85. The lowest BCUT2D eigenvalue weighted by atomic mass is 10.2. The van der Waals surface area contributed by atoms with Gasteiger partial charge in [-0.15, -0.1) is 0 Å². The minimum absolute atomic E-state index is 0.161. The zero-order valence-electron chi connectivity index (χ0n) is 12.7. The van der Waals surface area contributed by atoms with E-state index < -0.39 is 9.84 Å². The summed E-state index contributed by atoms with van der Waals surface area (Å²) in [4.78, 5) is 8.83. The topological polar surface area (TPSA) is 110 Å². The van der Waals surface area contributed by atoms with Gasteiger partial charge in [-0.2, -0.15) is 0 Å². The van der Waals surface area contributed by atoms with E-state index in [1.54, 1.807) is 0 Å². The monoisotopic (exact) mass is 313 g/mol. The van der Waals surface area contributed by atoms with E-state index in [2.05, 4.69) is 20.7 Å². The molecule has 1 aromatic heterocycles. The van der Waals surface area contributed by atoms with E-state index in [4.69, 9.17) is 5.84 Å². The first kappa shape index (κ1) is 16.0. The number of hydrogen-bond donors (Lipinski definition) is 3. The molecule has 118 valence electrons. The van der Waals surface area contributed by atoms with Gasteiger partial charge in [0.15, 0.2) is 9.84 Å². The van der Waals surface area contributed by atoms with E-state index >= 15 is 0 Å². The quantitative estimate of drug-likeness (QED) is 0.553. The van der Waals surface area contributed by atoms with Gasteiger partial charge in [-0.1, -0.05) is 13.8 Å². The van der Waals surface area contributed by atoms with Gasteiger partial charge in [0, 0.05) is 18.0 Å². The van der Waals surface area contributed by atoms with Gasteiger partial charge < -0.3 is 10.7 Å². The summed E-state index contributed by atoms with van der Waals surface area (Å²) >= 11 is 0. The van der Waals surface area contributed by atoms with Gasteiger partial charge in [-0.25, -0.2) is 24.2 Å². The van der Waals surface area contributed by atoms with Crippen LogP contribution >= 0.6 is 0 Å². The average Bonchev–Trinajstić information content (AvgIpc) is 2.76. The molecule has 0 bridgehead atoms. The Bertz CT molecular complexity index is 615. The summed E-state index contributed by atoms with van der Waals surface area (Å²) in [7, 11) is -2.96. The zero-order valence-corrected chi connectivity index (χ0v) is 13.5. The highest BCUT2D eigenvalue weighted by molar-refractivity contribution is 7.92. The normalized spacial score (nSPS) is 20.7. The van der Waals surface area contributed by atoms with E-state index in [-0.39, 0.29) is 16.9 Å². The summed E-state index contributed by atoms with van der Waals surface area (Å²) in [6.45, 7) is 6.22. The lowest BCUT2D eigenvalue weighted by Crippen LogP contribution is -2.26. The number of anilines is 2. The van der Waals surface area contributed by atoms with Crippen LogP contribution in [0.3, 0.4) is 0 Å². The van der Waals surface area contributed by atoms with Crippen LogP contribution in [-0.2, 0) is 9.84 Å². The Hall–Kier alpha value is -1.41. The fraction of sp³-hybridized carbons (Fsp3) is 0.692. The van der Waals surface area contributed by atoms with Crippen LogP contribution in [0.4, 0.5) is 11.6 Å². The second kappa shape index (κ2) is 6.15. The van der Waals surface area contributed by atoms with Crippen molar-refractivity contribution in [3.8, 4) is 0 Å². The van der Waals surface area contributed by atoms with Gasteiger partial charge in [0.2, 0.25) is 0 Å². The maximum absolute atomic E-state index is 11.9. The van der Waals surface area contributed by atoms with Gasteiger partial charge in [-0.3, -0.25) is 0 Å². The molecule has 2 heterocycles. The highest BCUT2D eigenvalue weighted by atomic mass is 32.2. The third-order valence-electron chi connectivity index (χ3n) is 3.78. The number of nitrogens with one attached hydrogen (secondary N) is 2. The van der Waals surface area contributed by atoms with Crippen molar-refractivity contribution in [2.24, 2.45) is 5.84 Å². The summed E-state index contributed by atoms with van der Waals surface area (Å²) in [5.41, 5.74) is 3.35. The fourth-order valence-electron chi connectivity index (χ4n) is 2.40. The van der Waals surface area contributed by atoms with E-state index in [0.717, 1.165) is 12.0 Å². The molecular weight excluding hydrogens is 290 g/mol. The van der Waals surface area contributed by atoms with Crippen LogP contribution in [0.2, 0.25) is 0 Å². The predicted octanol–water partition coefficient (Wildman–Crippen LogP) is 1.18. The van der Waals surface area contributed by atoms with Gasteiger partial charge in [-0.05, 0) is 19.8 Å². The van der Waals surface area contributed by atoms with Crippen molar-refractivity contribution in [2.75, 3.05) is 23.0 Å². The van der Waals surface area contributed by atoms with Crippen LogP contribution < -0.4 is 16.6 Å². The Morgan fingerprint density at radius 2 is 2.00 bits per heavy atom. The van der Waals surface area contributed by atoms with Gasteiger partial charge in [0.1, 0.15) is 17.5 Å². The van der Waals surface area contributed by atoms with Crippen LogP contribution in [-0.4, -0.2) is 35.9 Å². The molecule has 7 nitrogen and oxygen atoms in total. The Morgan fingerprint density at radius 3 is 2.52 bits per heavy atom. The molecule has 2 rings (SSSR count). The lowest BCUT2D eigenvalue weighted by Gasteiger charge is -2.16. The molecule has 1 fully saturated rings. The molecule has 1 aliphatic heterocycles. The molecule has 0 amide bonds. The van der Waals surface area contributed by atoms with Gasteiger partial charge >= 0.3 is 0 Å². The number of aromatic nitrogens is 2. The average molecular weight is 313 g/mol. The first-order valence-corrected chi connectivity index (χ1v) is 8.87. The molecule has 0 saturated carbocycles. The summed E-state index contributed by atoms with van der Waals surface area (Å²) in [6.07, 6.45) is 1.45. The van der Waals surface area contributed by atoms with Crippen LogP contribution in [0.5, 0.6) is 0 Å². The highest BCUT2D eigenvalue weighted by Gasteiger charge is 2.31. The molecule has 1 aliphatic rings. The van der Waals surface area contributed by atoms with Crippen molar-refractivity contribution in [3.63, 3.8) is 0 Å². The molecule has 4 N–H and O–H groups in total. The Morgan fingerprint density at radius 1 is 1.33 bits per heavy atom. The van der Waals surface area contributed by atoms with Gasteiger partial charge in [0.25, 0.3) is 0 Å². The number of nitrogen functional groups attached to an aromatic ring is 1. The molecule has 1 aromatic rings. The second-order valence-corrected chi connectivity index (χ2v) is 8.12. The lowest BCUT2D eigenvalue weighted by molar-refractivity contribution is 0.591. The van der Waals surface area contributed by atoms with Gasteiger partial charge in [0.05, 0.1) is 11.0 Å². The summed E-state index contributed by atoms with van der Waals surface area (Å²) in [5, 5.41) is 2.82. The number of hydrogen-bond acceptors (Lipinski definition) is 7. The molecule has 21 heavy (non-hydrogen) atoms. The molecular formula is C13H23N5O2S. The maximum atomic E-state index is 11.9. The van der Waals surface area contributed by atoms with Crippen molar-refractivity contribution in [3.05, 3.63) is 11.4 Å². The number of sulfone groups is 1. The fourth-order valence-corrected chi connectivity index (χ4v) is 4.17. The van der Waals surface area contributed by atoms with Crippen LogP contribution in [0, 0.1) is 6.92 Å². The molecule has 1 saturated heterocycles. The highest BCUT2D eigenvalue weighted by Crippen LogP contribution is 2.24. The number of rotatable bonds is 5. The third-order valence-corrected chi connectivity index (χ3v) is 6.05. The molecule has 8 heteroatoms. The predicted molar refractivity (Wildman–Crippen MR) is 84.0 cm³/mol. The Kier molecular flexibility index (Phi) is 4.67. The minimum atomic E-state index is -2.96. The number of hydrazine groups is 1. The molecule has 0 aromatic carbocycles. The Balaban J connectivity index is 2.21. The largest absolute Gasteiger partial charge is 0.368 e. The number of nitrogens with zero attached hydrogens (tertiary/aromatic N) is 2. The summed E-state index contributed by atoms with van der Waals surface area (Å²) < 4.78 is 23.7. The van der Waals surface area contributed by atoms with Crippen LogP contribution in [0.15, 0.2) is 0 Å². The maximum Gasteiger partial charge on any atom is 0.154 e. The Labute approximate surface area is 125 Å². The second-order valence-electron chi connectivity index (χ2n) is 5.72. The molecule has 1 unspecified atom stereocenters. The summed E-state index contributed by atoms with van der Waals surface area (Å²) in [6, 6.07) is 0. The SMILES string of the molecule is Cc1c(NN)nc(C(C)C)nc1NCC1CCCS1(=O)=O. The van der Waals surface area contributed by atoms with Crippen molar-refractivity contribution in [2.45, 2.75) is 44.8 Å². The van der Waals surface area contributed by atoms with Crippen molar-refractivity contribution in [1.29, 1.82) is 0 Å². The molecule has 0 aliphatic carbocycles. The van der Waals surface area contributed by atoms with Crippen molar-refractivity contribution in [1.82, 2.24) is 9.97 Å². The van der Waals surface area contributed by atoms with E-state index in [9.17, 15) is 8.42 Å². The van der Waals surface area contributed by atoms with Crippen molar-refractivity contribution < 1.29 is 8.42 Å². The zero-order chi connectivity index (χ0) is 15.6. The summed E-state index contributed by atoms with van der Waals surface area (Å²) in [5.74, 6) is 7.81. The first-order valence-electron chi connectivity index (χ1n) is 7.15. The van der Waals surface area contributed by atoms with E-state index in [0.29, 0.717) is 30.4 Å².